The lowest BCUT2D eigenvalue weighted by molar-refractivity contribution is -0.870. The van der Waals surface area contributed by atoms with Crippen molar-refractivity contribution < 1.29 is 42.9 Å². The van der Waals surface area contributed by atoms with Crippen molar-refractivity contribution in [2.45, 2.75) is 212 Å². The van der Waals surface area contributed by atoms with Gasteiger partial charge in [-0.15, -0.1) is 0 Å². The van der Waals surface area contributed by atoms with E-state index in [0.717, 1.165) is 89.9 Å². The molecule has 0 saturated heterocycles. The van der Waals surface area contributed by atoms with Gasteiger partial charge in [0.1, 0.15) is 13.2 Å². The Morgan fingerprint density at radius 3 is 1.32 bits per heavy atom. The number of carbonyl (C=O) groups is 3. The summed E-state index contributed by atoms with van der Waals surface area (Å²) in [6, 6.07) is 0. The van der Waals surface area contributed by atoms with Gasteiger partial charge < -0.3 is 33.3 Å². The molecule has 9 heteroatoms. The maximum atomic E-state index is 12.8. The molecule has 9 nitrogen and oxygen atoms in total. The molecule has 2 unspecified atom stereocenters. The first-order chi connectivity index (χ1) is 30.1. The van der Waals surface area contributed by atoms with E-state index in [0.29, 0.717) is 17.4 Å². The highest BCUT2D eigenvalue weighted by Gasteiger charge is 2.21. The van der Waals surface area contributed by atoms with E-state index in [4.69, 9.17) is 18.9 Å². The molecule has 0 aromatic rings. The predicted octanol–water partition coefficient (Wildman–Crippen LogP) is 12.4. The van der Waals surface area contributed by atoms with Crippen molar-refractivity contribution in [1.29, 1.82) is 0 Å². The molecule has 0 aromatic carbocycles. The smallest absolute Gasteiger partial charge is 0.306 e. The molecule has 0 aliphatic carbocycles. The van der Waals surface area contributed by atoms with Gasteiger partial charge in [-0.05, 0) is 83.5 Å². The monoisotopic (exact) mass is 872 g/mol. The molecule has 358 valence electrons. The van der Waals surface area contributed by atoms with E-state index in [1.165, 1.54) is 77.0 Å². The summed E-state index contributed by atoms with van der Waals surface area (Å²) >= 11 is 0. The number of allylic oxidation sites excluding steroid dienone is 10. The van der Waals surface area contributed by atoms with Gasteiger partial charge in [-0.25, -0.2) is 0 Å². The molecule has 0 aliphatic rings. The van der Waals surface area contributed by atoms with Crippen molar-refractivity contribution >= 4 is 17.9 Å². The van der Waals surface area contributed by atoms with Crippen molar-refractivity contribution in [2.24, 2.45) is 0 Å². The topological polar surface area (TPSA) is 111 Å². The number of carboxylic acid groups (broad SMARTS) is 1. The van der Waals surface area contributed by atoms with Gasteiger partial charge in [-0.1, -0.05) is 164 Å². The average molecular weight is 872 g/mol. The Morgan fingerprint density at radius 1 is 0.484 bits per heavy atom. The van der Waals surface area contributed by atoms with Crippen LogP contribution in [-0.2, 0) is 33.3 Å². The van der Waals surface area contributed by atoms with E-state index in [1.54, 1.807) is 0 Å². The number of esters is 2. The Kier molecular flexibility index (Phi) is 42.4. The molecule has 0 spiro atoms. The summed E-state index contributed by atoms with van der Waals surface area (Å²) in [7, 11) is 5.90. The Labute approximate surface area is 380 Å². The van der Waals surface area contributed by atoms with Crippen molar-refractivity contribution in [3.8, 4) is 0 Å². The maximum absolute atomic E-state index is 12.8. The molecule has 0 amide bonds. The highest BCUT2D eigenvalue weighted by atomic mass is 16.7. The summed E-state index contributed by atoms with van der Waals surface area (Å²) in [4.78, 5) is 37.1. The highest BCUT2D eigenvalue weighted by molar-refractivity contribution is 5.70. The van der Waals surface area contributed by atoms with E-state index in [-0.39, 0.29) is 38.6 Å². The van der Waals surface area contributed by atoms with Crippen LogP contribution < -0.4 is 5.11 Å². The van der Waals surface area contributed by atoms with Crippen LogP contribution >= 0.6 is 0 Å². The summed E-state index contributed by atoms with van der Waals surface area (Å²) < 4.78 is 22.6. The lowest BCUT2D eigenvalue weighted by Gasteiger charge is -2.26. The molecule has 0 radical (unpaired) electrons. The van der Waals surface area contributed by atoms with E-state index in [2.05, 4.69) is 74.6 Å². The van der Waals surface area contributed by atoms with Gasteiger partial charge in [-0.3, -0.25) is 9.59 Å². The van der Waals surface area contributed by atoms with Crippen LogP contribution in [0.15, 0.2) is 60.8 Å². The number of rotatable bonds is 45. The van der Waals surface area contributed by atoms with Crippen LogP contribution in [-0.4, -0.2) is 82.3 Å². The summed E-state index contributed by atoms with van der Waals surface area (Å²) in [5, 5.41) is 11.7. The summed E-state index contributed by atoms with van der Waals surface area (Å²) in [6.07, 6.45) is 51.0. The van der Waals surface area contributed by atoms with Crippen LogP contribution in [0.1, 0.15) is 200 Å². The third-order valence-electron chi connectivity index (χ3n) is 10.5. The Hall–Kier alpha value is -3.01. The standard InChI is InChI=1S/C53H93NO8/c1-6-8-10-12-14-16-18-20-22-24-26-28-30-32-34-36-38-40-42-44-51(56)62-49(48-61-53(52(57)58)59-46-45-54(3,4)5)47-60-50(55)43-41-39-37-35-33-31-29-27-25-23-21-19-17-15-13-11-9-7-2/h14,16-17,19-20,22-23,25-26,28,49,53H,6-13,15,18,21,24,27,29-48H2,1-5H3/b16-14-,19-17-,22-20-,25-23-,28-26-. The van der Waals surface area contributed by atoms with Gasteiger partial charge in [0.15, 0.2) is 12.4 Å². The second-order valence-corrected chi connectivity index (χ2v) is 17.7. The van der Waals surface area contributed by atoms with Gasteiger partial charge in [0, 0.05) is 12.8 Å². The zero-order chi connectivity index (χ0) is 45.6. The van der Waals surface area contributed by atoms with Crippen molar-refractivity contribution in [3.63, 3.8) is 0 Å². The van der Waals surface area contributed by atoms with E-state index >= 15 is 0 Å². The van der Waals surface area contributed by atoms with Crippen LogP contribution in [0.5, 0.6) is 0 Å². The summed E-state index contributed by atoms with van der Waals surface area (Å²) in [5.41, 5.74) is 0. The van der Waals surface area contributed by atoms with Crippen LogP contribution in [0.3, 0.4) is 0 Å². The average Bonchev–Trinajstić information content (AvgIpc) is 3.23. The number of carboxylic acids is 1. The van der Waals surface area contributed by atoms with Crippen molar-refractivity contribution in [2.75, 3.05) is 47.5 Å². The van der Waals surface area contributed by atoms with Crippen LogP contribution in [0.4, 0.5) is 0 Å². The van der Waals surface area contributed by atoms with Gasteiger partial charge in [0.25, 0.3) is 0 Å². The fourth-order valence-corrected chi connectivity index (χ4v) is 6.57. The molecule has 0 saturated carbocycles. The number of hydrogen-bond donors (Lipinski definition) is 0. The number of aliphatic carboxylic acids is 1. The highest BCUT2D eigenvalue weighted by Crippen LogP contribution is 2.13. The molecular weight excluding hydrogens is 779 g/mol. The van der Waals surface area contributed by atoms with Gasteiger partial charge >= 0.3 is 11.9 Å². The minimum atomic E-state index is -1.63. The fourth-order valence-electron chi connectivity index (χ4n) is 6.57. The minimum absolute atomic E-state index is 0.141. The fraction of sp³-hybridized carbons (Fsp3) is 0.755. The quantitative estimate of drug-likeness (QED) is 0.0196. The second kappa shape index (κ2) is 44.6. The van der Waals surface area contributed by atoms with Gasteiger partial charge in [-0.2, -0.15) is 0 Å². The van der Waals surface area contributed by atoms with Crippen LogP contribution in [0, 0.1) is 0 Å². The molecule has 62 heavy (non-hydrogen) atoms. The van der Waals surface area contributed by atoms with Crippen molar-refractivity contribution in [3.05, 3.63) is 60.8 Å². The lowest BCUT2D eigenvalue weighted by atomic mass is 10.1. The number of quaternary nitrogens is 1. The molecular formula is C53H93NO8. The van der Waals surface area contributed by atoms with E-state index in [1.807, 2.05) is 21.1 Å². The minimum Gasteiger partial charge on any atom is -0.545 e. The number of nitrogens with zero attached hydrogens (tertiary/aromatic N) is 1. The zero-order valence-corrected chi connectivity index (χ0v) is 40.5. The molecule has 0 N–H and O–H groups in total. The van der Waals surface area contributed by atoms with Crippen molar-refractivity contribution in [1.82, 2.24) is 0 Å². The van der Waals surface area contributed by atoms with E-state index in [9.17, 15) is 19.5 Å². The first-order valence-corrected chi connectivity index (χ1v) is 24.9. The second-order valence-electron chi connectivity index (χ2n) is 17.7. The molecule has 0 heterocycles. The van der Waals surface area contributed by atoms with Gasteiger partial charge in [0.05, 0.1) is 40.3 Å². The normalized spacial score (nSPS) is 13.4. The summed E-state index contributed by atoms with van der Waals surface area (Å²) in [6.45, 7) is 4.67. The zero-order valence-electron chi connectivity index (χ0n) is 40.5. The molecule has 0 rings (SSSR count). The molecule has 0 aromatic heterocycles. The Morgan fingerprint density at radius 2 is 0.871 bits per heavy atom. The number of carbonyl (C=O) groups excluding carboxylic acids is 3. The number of hydrogen-bond acceptors (Lipinski definition) is 8. The molecule has 2 atom stereocenters. The maximum Gasteiger partial charge on any atom is 0.306 e. The SMILES string of the molecule is CCCCC/C=C\C/C=C\C/C=C\CCCCCCCCC(=O)OC(COC(=O)CCCCCCCCC/C=C\C/C=C\CCCCCC)COC(OCC[N+](C)(C)C)C(=O)[O-]. The lowest BCUT2D eigenvalue weighted by Crippen LogP contribution is -2.44. The van der Waals surface area contributed by atoms with Crippen LogP contribution in [0.25, 0.3) is 0 Å². The third-order valence-corrected chi connectivity index (χ3v) is 10.5. The Bertz CT molecular complexity index is 1200. The number of ether oxygens (including phenoxy) is 4. The third kappa shape index (κ3) is 45.0. The van der Waals surface area contributed by atoms with Crippen LogP contribution in [0.2, 0.25) is 0 Å². The largest absolute Gasteiger partial charge is 0.545 e. The first kappa shape index (κ1) is 59.0. The van der Waals surface area contributed by atoms with Gasteiger partial charge in [0.2, 0.25) is 0 Å². The number of unbranched alkanes of at least 4 members (excludes halogenated alkanes) is 20. The summed E-state index contributed by atoms with van der Waals surface area (Å²) in [5.74, 6) is -2.31. The predicted molar refractivity (Wildman–Crippen MR) is 255 cm³/mol. The van der Waals surface area contributed by atoms with E-state index < -0.39 is 24.3 Å². The Balaban J connectivity index is 4.42. The first-order valence-electron chi connectivity index (χ1n) is 24.9. The molecule has 0 fully saturated rings. The molecule has 0 aliphatic heterocycles. The number of likely N-dealkylation sites (N-methyl/N-ethyl adjacent to an activating group) is 1. The molecule has 0 bridgehead atoms.